The normalized spacial score (nSPS) is 17.8. The fraction of sp³-hybridized carbons (Fsp3) is 0.400. The lowest BCUT2D eigenvalue weighted by Gasteiger charge is -2.25. The SMILES string of the molecule is CCC(C)(c1ccccc1)[PH](=O)O. The summed E-state index contributed by atoms with van der Waals surface area (Å²) in [6, 6.07) is 9.51. The van der Waals surface area contributed by atoms with Crippen LogP contribution in [0.25, 0.3) is 0 Å². The molecule has 0 saturated heterocycles. The predicted molar refractivity (Wildman–Crippen MR) is 55.3 cm³/mol. The fourth-order valence-corrected chi connectivity index (χ4v) is 2.00. The topological polar surface area (TPSA) is 37.3 Å². The summed E-state index contributed by atoms with van der Waals surface area (Å²) in [5.41, 5.74) is 0.948. The molecule has 0 saturated carbocycles. The van der Waals surface area contributed by atoms with Crippen molar-refractivity contribution in [2.24, 2.45) is 0 Å². The quantitative estimate of drug-likeness (QED) is 0.758. The van der Waals surface area contributed by atoms with Gasteiger partial charge in [-0.1, -0.05) is 37.3 Å². The number of rotatable bonds is 3. The van der Waals surface area contributed by atoms with E-state index in [0.717, 1.165) is 5.56 Å². The minimum absolute atomic E-state index is 0.564. The van der Waals surface area contributed by atoms with Crippen LogP contribution in [0.3, 0.4) is 0 Å². The molecule has 2 atom stereocenters. The van der Waals surface area contributed by atoms with Gasteiger partial charge in [0.25, 0.3) is 0 Å². The molecule has 0 bridgehead atoms. The van der Waals surface area contributed by atoms with Gasteiger partial charge in [0.05, 0.1) is 5.16 Å². The van der Waals surface area contributed by atoms with Gasteiger partial charge < -0.3 is 4.89 Å². The van der Waals surface area contributed by atoms with Crippen molar-refractivity contribution < 1.29 is 9.46 Å². The molecule has 1 aromatic carbocycles. The van der Waals surface area contributed by atoms with Crippen molar-refractivity contribution in [2.45, 2.75) is 25.4 Å². The van der Waals surface area contributed by atoms with Gasteiger partial charge in [-0.2, -0.15) is 0 Å². The van der Waals surface area contributed by atoms with Crippen molar-refractivity contribution in [1.82, 2.24) is 0 Å². The number of hydrogen-bond donors (Lipinski definition) is 1. The summed E-state index contributed by atoms with van der Waals surface area (Å²) < 4.78 is 11.2. The molecule has 1 N–H and O–H groups in total. The van der Waals surface area contributed by atoms with Gasteiger partial charge in [0.1, 0.15) is 0 Å². The lowest BCUT2D eigenvalue weighted by molar-refractivity contribution is 0.453. The highest BCUT2D eigenvalue weighted by atomic mass is 31.1. The Kier molecular flexibility index (Phi) is 3.29. The largest absolute Gasteiger partial charge is 0.346 e. The molecule has 1 aromatic rings. The molecule has 0 fully saturated rings. The van der Waals surface area contributed by atoms with Crippen LogP contribution in [-0.4, -0.2) is 4.89 Å². The zero-order valence-electron chi connectivity index (χ0n) is 7.95. The van der Waals surface area contributed by atoms with E-state index in [2.05, 4.69) is 0 Å². The molecule has 2 nitrogen and oxygen atoms in total. The van der Waals surface area contributed by atoms with Crippen molar-refractivity contribution in [3.63, 3.8) is 0 Å². The van der Waals surface area contributed by atoms with E-state index in [0.29, 0.717) is 6.42 Å². The third kappa shape index (κ3) is 2.01. The summed E-state index contributed by atoms with van der Waals surface area (Å²) in [6.45, 7) is 3.77. The molecule has 0 aliphatic rings. The van der Waals surface area contributed by atoms with Crippen LogP contribution >= 0.6 is 8.03 Å². The van der Waals surface area contributed by atoms with E-state index >= 15 is 0 Å². The van der Waals surface area contributed by atoms with Gasteiger partial charge in [-0.3, -0.25) is 4.57 Å². The van der Waals surface area contributed by atoms with Crippen LogP contribution in [-0.2, 0) is 9.72 Å². The maximum Gasteiger partial charge on any atom is 0.199 e. The van der Waals surface area contributed by atoms with E-state index in [1.165, 1.54) is 0 Å². The van der Waals surface area contributed by atoms with E-state index < -0.39 is 13.2 Å². The molecular weight excluding hydrogens is 183 g/mol. The molecule has 0 spiro atoms. The van der Waals surface area contributed by atoms with Crippen LogP contribution in [0.1, 0.15) is 25.8 Å². The predicted octanol–water partition coefficient (Wildman–Crippen LogP) is 2.78. The Hall–Kier alpha value is -0.590. The second kappa shape index (κ2) is 4.08. The summed E-state index contributed by atoms with van der Waals surface area (Å²) in [5.74, 6) is 0. The molecular formula is C10H15O2P. The number of hydrogen-bond acceptors (Lipinski definition) is 1. The Morgan fingerprint density at radius 1 is 1.38 bits per heavy atom. The minimum atomic E-state index is -2.52. The molecule has 1 rings (SSSR count). The molecule has 0 radical (unpaired) electrons. The maximum absolute atomic E-state index is 11.2. The maximum atomic E-state index is 11.2. The minimum Gasteiger partial charge on any atom is -0.346 e. The smallest absolute Gasteiger partial charge is 0.199 e. The molecule has 0 amide bonds. The molecule has 0 aromatic heterocycles. The van der Waals surface area contributed by atoms with Crippen LogP contribution in [0.5, 0.6) is 0 Å². The van der Waals surface area contributed by atoms with Crippen molar-refractivity contribution in [3.05, 3.63) is 35.9 Å². The van der Waals surface area contributed by atoms with Gasteiger partial charge in [0.2, 0.25) is 0 Å². The second-order valence-electron chi connectivity index (χ2n) is 3.36. The molecule has 0 aliphatic heterocycles. The van der Waals surface area contributed by atoms with E-state index in [1.54, 1.807) is 0 Å². The Bertz CT molecular complexity index is 297. The highest BCUT2D eigenvalue weighted by Gasteiger charge is 2.29. The van der Waals surface area contributed by atoms with Crippen molar-refractivity contribution >= 4 is 8.03 Å². The first-order chi connectivity index (χ1) is 6.11. The summed E-state index contributed by atoms with van der Waals surface area (Å²) >= 11 is 0. The lowest BCUT2D eigenvalue weighted by Crippen LogP contribution is -2.15. The summed E-state index contributed by atoms with van der Waals surface area (Å²) in [5, 5.41) is -0.564. The zero-order valence-corrected chi connectivity index (χ0v) is 8.95. The first kappa shape index (κ1) is 10.5. The Morgan fingerprint density at radius 2 is 1.92 bits per heavy atom. The van der Waals surface area contributed by atoms with Crippen molar-refractivity contribution in [3.8, 4) is 0 Å². The van der Waals surface area contributed by atoms with Crippen molar-refractivity contribution in [2.75, 3.05) is 0 Å². The third-order valence-corrected chi connectivity index (χ3v) is 4.18. The van der Waals surface area contributed by atoms with Crippen LogP contribution in [0, 0.1) is 0 Å². The third-order valence-electron chi connectivity index (χ3n) is 2.59. The van der Waals surface area contributed by atoms with Crippen molar-refractivity contribution in [1.29, 1.82) is 0 Å². The fourth-order valence-electron chi connectivity index (χ4n) is 1.28. The summed E-state index contributed by atoms with van der Waals surface area (Å²) in [6.07, 6.45) is 0.686. The average molecular weight is 198 g/mol. The van der Waals surface area contributed by atoms with Gasteiger partial charge in [0.15, 0.2) is 8.03 Å². The van der Waals surface area contributed by atoms with Crippen LogP contribution in [0.4, 0.5) is 0 Å². The Labute approximate surface area is 79.5 Å². The lowest BCUT2D eigenvalue weighted by atomic mass is 9.98. The molecule has 0 aliphatic carbocycles. The van der Waals surface area contributed by atoms with E-state index in [9.17, 15) is 9.46 Å². The van der Waals surface area contributed by atoms with Gasteiger partial charge in [-0.15, -0.1) is 0 Å². The highest BCUT2D eigenvalue weighted by Crippen LogP contribution is 2.46. The summed E-state index contributed by atoms with van der Waals surface area (Å²) in [7, 11) is -2.52. The van der Waals surface area contributed by atoms with E-state index in [-0.39, 0.29) is 0 Å². The molecule has 0 heterocycles. The van der Waals surface area contributed by atoms with Crippen LogP contribution in [0.15, 0.2) is 30.3 Å². The average Bonchev–Trinajstić information content (AvgIpc) is 2.17. The van der Waals surface area contributed by atoms with E-state index in [4.69, 9.17) is 0 Å². The highest BCUT2D eigenvalue weighted by molar-refractivity contribution is 7.39. The molecule has 2 unspecified atom stereocenters. The zero-order chi connectivity index (χ0) is 9.90. The first-order valence-electron chi connectivity index (χ1n) is 4.40. The van der Waals surface area contributed by atoms with Gasteiger partial charge >= 0.3 is 0 Å². The Morgan fingerprint density at radius 3 is 2.31 bits per heavy atom. The van der Waals surface area contributed by atoms with Gasteiger partial charge in [-0.05, 0) is 18.9 Å². The summed E-state index contributed by atoms with van der Waals surface area (Å²) in [4.78, 5) is 9.27. The second-order valence-corrected chi connectivity index (χ2v) is 5.07. The number of benzene rings is 1. The van der Waals surface area contributed by atoms with Gasteiger partial charge in [0, 0.05) is 0 Å². The molecule has 3 heteroatoms. The van der Waals surface area contributed by atoms with Crippen LogP contribution < -0.4 is 0 Å². The first-order valence-corrected chi connectivity index (χ1v) is 5.75. The Balaban J connectivity index is 3.11. The van der Waals surface area contributed by atoms with E-state index in [1.807, 2.05) is 44.2 Å². The molecule has 72 valence electrons. The monoisotopic (exact) mass is 198 g/mol. The standard InChI is InChI=1S/C10H15O2P/c1-3-10(2,13(11)12)9-7-5-4-6-8-9/h4-8,13H,3H2,1-2H3,(H,11,12). The van der Waals surface area contributed by atoms with Gasteiger partial charge in [-0.25, -0.2) is 0 Å². The van der Waals surface area contributed by atoms with Crippen LogP contribution in [0.2, 0.25) is 0 Å². The molecule has 13 heavy (non-hydrogen) atoms.